The molecule has 44 heavy (non-hydrogen) atoms. The van der Waals surface area contributed by atoms with E-state index in [0.29, 0.717) is 42.6 Å². The number of methoxy groups -OCH3 is 3. The molecule has 0 atom stereocenters. The van der Waals surface area contributed by atoms with Crippen molar-refractivity contribution in [3.8, 4) is 23.0 Å². The van der Waals surface area contributed by atoms with E-state index in [2.05, 4.69) is 30.1 Å². The predicted octanol–water partition coefficient (Wildman–Crippen LogP) is 3.50. The van der Waals surface area contributed by atoms with E-state index in [1.807, 2.05) is 0 Å². The van der Waals surface area contributed by atoms with Crippen LogP contribution in [0, 0.1) is 5.82 Å². The van der Waals surface area contributed by atoms with Gasteiger partial charge in [0.05, 0.1) is 27.0 Å². The van der Waals surface area contributed by atoms with Crippen LogP contribution in [0.5, 0.6) is 23.0 Å². The van der Waals surface area contributed by atoms with E-state index < -0.39 is 31.9 Å². The van der Waals surface area contributed by atoms with Crippen LogP contribution in [-0.4, -0.2) is 77.5 Å². The molecule has 1 aromatic carbocycles. The fourth-order valence-electron chi connectivity index (χ4n) is 4.03. The minimum Gasteiger partial charge on any atom is -0.493 e. The summed E-state index contributed by atoms with van der Waals surface area (Å²) in [7, 11) is -0.376. The van der Waals surface area contributed by atoms with Crippen LogP contribution in [0.15, 0.2) is 30.5 Å². The van der Waals surface area contributed by atoms with Crippen LogP contribution in [0.4, 0.5) is 33.5 Å². The fraction of sp³-hybridized carbons (Fsp3) is 0.385. The molecule has 238 valence electrons. The number of nitrogens with zero attached hydrogens (tertiary/aromatic N) is 4. The number of phosphoric acid groups is 1. The summed E-state index contributed by atoms with van der Waals surface area (Å²) < 4.78 is 58.1. The van der Waals surface area contributed by atoms with E-state index in [0.717, 1.165) is 11.1 Å². The maximum atomic E-state index is 14.8. The quantitative estimate of drug-likeness (QED) is 0.148. The monoisotopic (exact) mass is 638 g/mol. The van der Waals surface area contributed by atoms with Gasteiger partial charge in [-0.3, -0.25) is 14.2 Å². The Morgan fingerprint density at radius 1 is 1.07 bits per heavy atom. The fourth-order valence-corrected chi connectivity index (χ4v) is 4.30. The zero-order valence-corrected chi connectivity index (χ0v) is 25.4. The number of nitrogens with one attached hydrogen (secondary N) is 2. The van der Waals surface area contributed by atoms with Gasteiger partial charge in [-0.25, -0.2) is 18.9 Å². The highest BCUT2D eigenvalue weighted by Crippen LogP contribution is 2.42. The minimum atomic E-state index is -4.92. The number of phosphoric ester groups is 1. The van der Waals surface area contributed by atoms with Crippen LogP contribution in [0.3, 0.4) is 0 Å². The van der Waals surface area contributed by atoms with Crippen LogP contribution in [0.2, 0.25) is 0 Å². The lowest BCUT2D eigenvalue weighted by Gasteiger charge is -2.37. The predicted molar refractivity (Wildman–Crippen MR) is 155 cm³/mol. The number of anilines is 5. The molecule has 0 bridgehead atoms. The third-order valence-electron chi connectivity index (χ3n) is 6.02. The first-order chi connectivity index (χ1) is 20.8. The molecule has 3 aromatic rings. The maximum Gasteiger partial charge on any atom is 0.471 e. The van der Waals surface area contributed by atoms with Gasteiger partial charge in [-0.15, -0.1) is 0 Å². The lowest BCUT2D eigenvalue weighted by atomic mass is 10.1. The molecular weight excluding hydrogens is 606 g/mol. The summed E-state index contributed by atoms with van der Waals surface area (Å²) >= 11 is 0. The largest absolute Gasteiger partial charge is 0.493 e. The number of halogens is 1. The second kappa shape index (κ2) is 13.6. The smallest absolute Gasteiger partial charge is 0.471 e. The van der Waals surface area contributed by atoms with Gasteiger partial charge in [0.1, 0.15) is 12.5 Å². The number of rotatable bonds is 14. The van der Waals surface area contributed by atoms with Crippen molar-refractivity contribution in [2.75, 3.05) is 56.8 Å². The normalized spacial score (nSPS) is 14.0. The van der Waals surface area contributed by atoms with Gasteiger partial charge in [-0.05, 0) is 26.0 Å². The number of benzene rings is 1. The summed E-state index contributed by atoms with van der Waals surface area (Å²) in [6.45, 7) is 3.01. The number of ether oxygens (including phenoxy) is 5. The summed E-state index contributed by atoms with van der Waals surface area (Å²) in [5.74, 6) is -0.572. The Morgan fingerprint density at radius 3 is 2.50 bits per heavy atom. The topological polar surface area (TPSA) is 196 Å². The third-order valence-corrected chi connectivity index (χ3v) is 6.47. The van der Waals surface area contributed by atoms with E-state index in [1.54, 1.807) is 19.2 Å². The highest BCUT2D eigenvalue weighted by atomic mass is 31.2. The number of fused-ring (bicyclic) bond motifs is 1. The average molecular weight is 639 g/mol. The number of hydrogen-bond donors (Lipinski definition) is 4. The lowest BCUT2D eigenvalue weighted by molar-refractivity contribution is -0.133. The molecule has 0 radical (unpaired) electrons. The van der Waals surface area contributed by atoms with Gasteiger partial charge in [-0.1, -0.05) is 0 Å². The summed E-state index contributed by atoms with van der Waals surface area (Å²) in [6, 6.07) is 6.17. The molecule has 0 aliphatic carbocycles. The van der Waals surface area contributed by atoms with Crippen molar-refractivity contribution in [1.82, 2.24) is 15.0 Å². The van der Waals surface area contributed by atoms with Crippen molar-refractivity contribution in [2.45, 2.75) is 25.9 Å². The van der Waals surface area contributed by atoms with E-state index in [1.165, 1.54) is 40.2 Å². The number of carbonyl (C=O) groups is 1. The van der Waals surface area contributed by atoms with E-state index >= 15 is 0 Å². The zero-order chi connectivity index (χ0) is 32.1. The number of carbonyl (C=O) groups excluding carboxylic acids is 1. The zero-order valence-electron chi connectivity index (χ0n) is 24.5. The van der Waals surface area contributed by atoms with Crippen molar-refractivity contribution in [1.29, 1.82) is 0 Å². The number of pyridine rings is 1. The van der Waals surface area contributed by atoms with E-state index in [4.69, 9.17) is 33.5 Å². The Hall–Kier alpha value is -4.28. The SMILES string of the molecule is COCCCOc1cc(Nc2ncc(F)c(Nc3ccc4c(n3)N(COP(=O)(O)O)C(=O)C(C)(C)O4)n2)cc(OC)c1OC. The molecule has 18 heteroatoms. The molecule has 0 unspecified atom stereocenters. The van der Waals surface area contributed by atoms with Gasteiger partial charge in [0.25, 0.3) is 5.91 Å². The second-order valence-corrected chi connectivity index (χ2v) is 10.9. The van der Waals surface area contributed by atoms with Crippen molar-refractivity contribution < 1.29 is 51.7 Å². The maximum absolute atomic E-state index is 14.8. The molecule has 0 fully saturated rings. The van der Waals surface area contributed by atoms with Crippen molar-refractivity contribution in [2.24, 2.45) is 0 Å². The first-order valence-electron chi connectivity index (χ1n) is 13.0. The molecule has 4 rings (SSSR count). The molecule has 3 heterocycles. The third kappa shape index (κ3) is 7.81. The second-order valence-electron chi connectivity index (χ2n) is 9.66. The first-order valence-corrected chi connectivity index (χ1v) is 14.5. The van der Waals surface area contributed by atoms with Gasteiger partial charge in [-0.2, -0.15) is 4.98 Å². The molecule has 1 aliphatic heterocycles. The van der Waals surface area contributed by atoms with Crippen molar-refractivity contribution in [3.05, 3.63) is 36.3 Å². The average Bonchev–Trinajstić information content (AvgIpc) is 2.96. The summed E-state index contributed by atoms with van der Waals surface area (Å²) in [5, 5.41) is 5.70. The van der Waals surface area contributed by atoms with Gasteiger partial charge in [0, 0.05) is 38.0 Å². The molecule has 2 aromatic heterocycles. The van der Waals surface area contributed by atoms with Gasteiger partial charge < -0.3 is 44.1 Å². The van der Waals surface area contributed by atoms with Crippen LogP contribution < -0.4 is 34.5 Å². The Labute approximate surface area is 251 Å². The number of amides is 1. The van der Waals surface area contributed by atoms with Crippen LogP contribution in [-0.2, 0) is 18.6 Å². The molecular formula is C26H32FN6O10P. The van der Waals surface area contributed by atoms with E-state index in [-0.39, 0.29) is 29.2 Å². The molecule has 0 spiro atoms. The Morgan fingerprint density at radius 2 is 1.82 bits per heavy atom. The van der Waals surface area contributed by atoms with Crippen molar-refractivity contribution >= 4 is 42.8 Å². The molecule has 0 saturated heterocycles. The molecule has 16 nitrogen and oxygen atoms in total. The van der Waals surface area contributed by atoms with Crippen LogP contribution >= 0.6 is 7.82 Å². The summed E-state index contributed by atoms with van der Waals surface area (Å²) in [5.41, 5.74) is -0.923. The Kier molecular flexibility index (Phi) is 10.1. The Balaban J connectivity index is 1.59. The van der Waals surface area contributed by atoms with Gasteiger partial charge in [0.2, 0.25) is 11.7 Å². The summed E-state index contributed by atoms with van der Waals surface area (Å²) in [6.07, 6.45) is 1.58. The number of hydrogen-bond acceptors (Lipinski definition) is 13. The first kappa shape index (κ1) is 32.6. The summed E-state index contributed by atoms with van der Waals surface area (Å²) in [4.78, 5) is 44.7. The standard InChI is InChI=1S/C26H32FN6O10P/c1-26(2)24(34)33(14-42-44(35,36)37)23-17(43-26)7-8-20(31-23)30-22-16(27)13-28-25(32-22)29-15-11-18(39-4)21(40-5)19(12-15)41-10-6-9-38-3/h7-8,11-13H,6,9-10,14H2,1-5H3,(H2,35,36,37)(H2,28,29,30,31,32). The Bertz CT molecular complexity index is 1560. The molecule has 1 amide bonds. The molecule has 4 N–H and O–H groups in total. The van der Waals surface area contributed by atoms with Crippen LogP contribution in [0.25, 0.3) is 0 Å². The minimum absolute atomic E-state index is 0.00124. The van der Waals surface area contributed by atoms with E-state index in [9.17, 15) is 13.8 Å². The van der Waals surface area contributed by atoms with Gasteiger partial charge >= 0.3 is 7.82 Å². The van der Waals surface area contributed by atoms with Gasteiger partial charge in [0.15, 0.2) is 40.3 Å². The lowest BCUT2D eigenvalue weighted by Crippen LogP contribution is -2.53. The van der Waals surface area contributed by atoms with Crippen LogP contribution in [0.1, 0.15) is 20.3 Å². The molecule has 1 aliphatic rings. The highest BCUT2D eigenvalue weighted by molar-refractivity contribution is 7.46. The highest BCUT2D eigenvalue weighted by Gasteiger charge is 2.42. The molecule has 0 saturated carbocycles. The number of aromatic nitrogens is 3. The van der Waals surface area contributed by atoms with Crippen molar-refractivity contribution in [3.63, 3.8) is 0 Å².